The predicted octanol–water partition coefficient (Wildman–Crippen LogP) is 5.33. The van der Waals surface area contributed by atoms with E-state index in [4.69, 9.17) is 4.42 Å². The van der Waals surface area contributed by atoms with Crippen molar-refractivity contribution in [2.45, 2.75) is 53.0 Å². The third-order valence-corrected chi connectivity index (χ3v) is 5.30. The summed E-state index contributed by atoms with van der Waals surface area (Å²) in [5, 5.41) is 0. The largest absolute Gasteiger partial charge is 0.444 e. The van der Waals surface area contributed by atoms with E-state index in [1.54, 1.807) is 6.26 Å². The van der Waals surface area contributed by atoms with Crippen LogP contribution in [0.5, 0.6) is 0 Å². The number of likely N-dealkylation sites (tertiary alicyclic amines) is 1. The van der Waals surface area contributed by atoms with Crippen LogP contribution in [0.1, 0.15) is 57.7 Å². The summed E-state index contributed by atoms with van der Waals surface area (Å²) in [4.78, 5) is 7.15. The van der Waals surface area contributed by atoms with Crippen LogP contribution in [0.4, 0.5) is 0 Å². The Labute approximate surface area is 146 Å². The van der Waals surface area contributed by atoms with Crippen LogP contribution < -0.4 is 0 Å². The second kappa shape index (κ2) is 7.52. The quantitative estimate of drug-likeness (QED) is 0.743. The molecule has 1 saturated heterocycles. The second-order valence-corrected chi connectivity index (χ2v) is 7.79. The molecule has 1 aliphatic rings. The van der Waals surface area contributed by atoms with E-state index in [0.717, 1.165) is 35.5 Å². The Morgan fingerprint density at radius 2 is 1.75 bits per heavy atom. The molecule has 130 valence electrons. The van der Waals surface area contributed by atoms with E-state index < -0.39 is 0 Å². The van der Waals surface area contributed by atoms with Crippen molar-refractivity contribution in [2.75, 3.05) is 13.1 Å². The highest BCUT2D eigenvalue weighted by Crippen LogP contribution is 2.26. The first kappa shape index (κ1) is 17.2. The average molecular weight is 326 g/mol. The van der Waals surface area contributed by atoms with E-state index in [9.17, 15) is 0 Å². The molecular formula is C21H30N2O. The minimum Gasteiger partial charge on any atom is -0.444 e. The fourth-order valence-corrected chi connectivity index (χ4v) is 3.47. The van der Waals surface area contributed by atoms with Gasteiger partial charge in [0.25, 0.3) is 0 Å². The normalized spacial score (nSPS) is 17.1. The number of piperidine rings is 1. The third-order valence-electron chi connectivity index (χ3n) is 5.30. The Balaban J connectivity index is 1.59. The van der Waals surface area contributed by atoms with E-state index in [1.165, 1.54) is 31.5 Å². The number of aromatic nitrogens is 1. The first-order valence-electron chi connectivity index (χ1n) is 9.30. The number of oxazole rings is 1. The maximum atomic E-state index is 5.61. The molecule has 0 spiro atoms. The van der Waals surface area contributed by atoms with Crippen molar-refractivity contribution in [3.05, 3.63) is 41.8 Å². The zero-order valence-corrected chi connectivity index (χ0v) is 15.5. The monoisotopic (exact) mass is 326 g/mol. The minimum absolute atomic E-state index is 0.399. The molecule has 0 unspecified atom stereocenters. The van der Waals surface area contributed by atoms with Gasteiger partial charge in [-0.25, -0.2) is 4.98 Å². The van der Waals surface area contributed by atoms with Crippen molar-refractivity contribution >= 4 is 0 Å². The fraction of sp³-hybridized carbons (Fsp3) is 0.571. The number of hydrogen-bond donors (Lipinski definition) is 0. The topological polar surface area (TPSA) is 29.3 Å². The first-order chi connectivity index (χ1) is 11.5. The van der Waals surface area contributed by atoms with Gasteiger partial charge in [0, 0.05) is 12.1 Å². The van der Waals surface area contributed by atoms with Gasteiger partial charge >= 0.3 is 0 Å². The van der Waals surface area contributed by atoms with Crippen LogP contribution in [0.15, 0.2) is 34.9 Å². The summed E-state index contributed by atoms with van der Waals surface area (Å²) >= 11 is 0. The number of hydrogen-bond acceptors (Lipinski definition) is 3. The van der Waals surface area contributed by atoms with Gasteiger partial charge in [-0.3, -0.25) is 4.90 Å². The van der Waals surface area contributed by atoms with Crippen molar-refractivity contribution in [1.82, 2.24) is 9.88 Å². The lowest BCUT2D eigenvalue weighted by Crippen LogP contribution is -2.34. The SMILES string of the molecule is CC(C)c1coc(-c2ccc(CN3CCC(C(C)C)CC3)cc2)n1. The van der Waals surface area contributed by atoms with E-state index in [-0.39, 0.29) is 0 Å². The smallest absolute Gasteiger partial charge is 0.226 e. The maximum absolute atomic E-state index is 5.61. The van der Waals surface area contributed by atoms with Crippen LogP contribution in [0.3, 0.4) is 0 Å². The Kier molecular flexibility index (Phi) is 5.40. The molecule has 0 saturated carbocycles. The molecule has 24 heavy (non-hydrogen) atoms. The molecule has 0 amide bonds. The summed E-state index contributed by atoms with van der Waals surface area (Å²) in [7, 11) is 0. The molecule has 3 rings (SSSR count). The van der Waals surface area contributed by atoms with Gasteiger partial charge in [0.1, 0.15) is 6.26 Å². The first-order valence-corrected chi connectivity index (χ1v) is 9.30. The Morgan fingerprint density at radius 3 is 2.29 bits per heavy atom. The number of benzene rings is 1. The van der Waals surface area contributed by atoms with Crippen LogP contribution in [0, 0.1) is 11.8 Å². The van der Waals surface area contributed by atoms with Gasteiger partial charge in [0.05, 0.1) is 5.69 Å². The van der Waals surface area contributed by atoms with Gasteiger partial charge in [-0.15, -0.1) is 0 Å². The zero-order valence-electron chi connectivity index (χ0n) is 15.5. The lowest BCUT2D eigenvalue weighted by molar-refractivity contribution is 0.152. The molecule has 2 heterocycles. The molecule has 1 aromatic heterocycles. The van der Waals surface area contributed by atoms with Crippen molar-refractivity contribution in [3.63, 3.8) is 0 Å². The molecule has 0 atom stereocenters. The lowest BCUT2D eigenvalue weighted by Gasteiger charge is -2.33. The van der Waals surface area contributed by atoms with Gasteiger partial charge in [0.15, 0.2) is 0 Å². The lowest BCUT2D eigenvalue weighted by atomic mass is 9.86. The van der Waals surface area contributed by atoms with Crippen LogP contribution in [-0.2, 0) is 6.54 Å². The molecule has 1 aliphatic heterocycles. The summed E-state index contributed by atoms with van der Waals surface area (Å²) in [6.45, 7) is 12.5. The van der Waals surface area contributed by atoms with Crippen molar-refractivity contribution in [3.8, 4) is 11.5 Å². The van der Waals surface area contributed by atoms with Crippen LogP contribution in [-0.4, -0.2) is 23.0 Å². The summed E-state index contributed by atoms with van der Waals surface area (Å²) in [6.07, 6.45) is 4.45. The molecule has 0 radical (unpaired) electrons. The predicted molar refractivity (Wildman–Crippen MR) is 98.9 cm³/mol. The molecule has 2 aromatic rings. The molecule has 1 aromatic carbocycles. The van der Waals surface area contributed by atoms with Gasteiger partial charge < -0.3 is 4.42 Å². The summed E-state index contributed by atoms with van der Waals surface area (Å²) in [6, 6.07) is 8.69. The van der Waals surface area contributed by atoms with Gasteiger partial charge in [-0.05, 0) is 61.4 Å². The highest BCUT2D eigenvalue weighted by molar-refractivity contribution is 5.53. The van der Waals surface area contributed by atoms with Crippen molar-refractivity contribution in [1.29, 1.82) is 0 Å². The zero-order chi connectivity index (χ0) is 17.1. The Hall–Kier alpha value is -1.61. The Bertz CT molecular complexity index is 634. The molecule has 3 nitrogen and oxygen atoms in total. The van der Waals surface area contributed by atoms with Crippen molar-refractivity contribution < 1.29 is 4.42 Å². The standard InChI is InChI=1S/C21H30N2O/c1-15(2)18-9-11-23(12-10-18)13-17-5-7-19(8-6-17)21-22-20(14-24-21)16(3)4/h5-8,14-16,18H,9-13H2,1-4H3. The third kappa shape index (κ3) is 4.07. The van der Waals surface area contributed by atoms with Crippen LogP contribution in [0.2, 0.25) is 0 Å². The fourth-order valence-electron chi connectivity index (χ4n) is 3.47. The van der Waals surface area contributed by atoms with Crippen LogP contribution in [0.25, 0.3) is 11.5 Å². The summed E-state index contributed by atoms with van der Waals surface area (Å²) in [5.74, 6) is 2.85. The van der Waals surface area contributed by atoms with E-state index in [0.29, 0.717) is 5.92 Å². The van der Waals surface area contributed by atoms with Gasteiger partial charge in [-0.1, -0.05) is 39.8 Å². The molecule has 0 bridgehead atoms. The molecule has 0 aliphatic carbocycles. The molecule has 3 heteroatoms. The van der Waals surface area contributed by atoms with E-state index >= 15 is 0 Å². The van der Waals surface area contributed by atoms with E-state index in [1.807, 2.05) is 0 Å². The molecular weight excluding hydrogens is 296 g/mol. The van der Waals surface area contributed by atoms with Gasteiger partial charge in [-0.2, -0.15) is 0 Å². The highest BCUT2D eigenvalue weighted by Gasteiger charge is 2.21. The van der Waals surface area contributed by atoms with E-state index in [2.05, 4.69) is 61.8 Å². The number of nitrogens with zero attached hydrogens (tertiary/aromatic N) is 2. The Morgan fingerprint density at radius 1 is 1.08 bits per heavy atom. The average Bonchev–Trinajstić information content (AvgIpc) is 3.06. The molecule has 0 N–H and O–H groups in total. The second-order valence-electron chi connectivity index (χ2n) is 7.79. The highest BCUT2D eigenvalue weighted by atomic mass is 16.3. The minimum atomic E-state index is 0.399. The van der Waals surface area contributed by atoms with Crippen molar-refractivity contribution in [2.24, 2.45) is 11.8 Å². The molecule has 1 fully saturated rings. The summed E-state index contributed by atoms with van der Waals surface area (Å²) in [5.41, 5.74) is 3.45. The number of rotatable bonds is 5. The summed E-state index contributed by atoms with van der Waals surface area (Å²) < 4.78 is 5.61. The maximum Gasteiger partial charge on any atom is 0.226 e. The van der Waals surface area contributed by atoms with Crippen LogP contribution >= 0.6 is 0 Å². The van der Waals surface area contributed by atoms with Gasteiger partial charge in [0.2, 0.25) is 5.89 Å².